The first-order valence-electron chi connectivity index (χ1n) is 4.94. The fourth-order valence-corrected chi connectivity index (χ4v) is 1.78. The van der Waals surface area contributed by atoms with E-state index in [2.05, 4.69) is 9.97 Å². The minimum Gasteiger partial charge on any atom is -0.481 e. The number of aryl methyl sites for hydroxylation is 1. The van der Waals surface area contributed by atoms with E-state index >= 15 is 0 Å². The molecule has 1 unspecified atom stereocenters. The van der Waals surface area contributed by atoms with Gasteiger partial charge in [0.15, 0.2) is 0 Å². The summed E-state index contributed by atoms with van der Waals surface area (Å²) in [7, 11) is 0. The minimum absolute atomic E-state index is 0.180. The number of carboxylic acids is 1. The monoisotopic (exact) mass is 208 g/mol. The van der Waals surface area contributed by atoms with Crippen LogP contribution in [0.25, 0.3) is 0 Å². The first kappa shape index (κ1) is 9.89. The molecule has 2 rings (SSSR count). The molecule has 0 fully saturated rings. The van der Waals surface area contributed by atoms with Crippen molar-refractivity contribution < 1.29 is 9.90 Å². The molecule has 1 aliphatic carbocycles. The molecule has 1 aromatic heterocycles. The predicted molar refractivity (Wildman–Crippen MR) is 52.9 cm³/mol. The van der Waals surface area contributed by atoms with Gasteiger partial charge in [0.1, 0.15) is 11.7 Å². The van der Waals surface area contributed by atoms with Crippen molar-refractivity contribution in [1.82, 2.24) is 9.97 Å². The van der Waals surface area contributed by atoms with E-state index in [4.69, 9.17) is 5.11 Å². The third-order valence-electron chi connectivity index (χ3n) is 2.74. The van der Waals surface area contributed by atoms with Crippen molar-refractivity contribution >= 4 is 5.97 Å². The van der Waals surface area contributed by atoms with Crippen molar-refractivity contribution in [2.24, 2.45) is 0 Å². The minimum atomic E-state index is -0.976. The molecule has 5 heteroatoms. The molecular weight excluding hydrogens is 196 g/mol. The number of carbonyl (C=O) groups is 1. The maximum atomic E-state index is 11.6. The van der Waals surface area contributed by atoms with Crippen LogP contribution in [0.2, 0.25) is 0 Å². The van der Waals surface area contributed by atoms with Crippen LogP contribution >= 0.6 is 0 Å². The quantitative estimate of drug-likeness (QED) is 0.739. The lowest BCUT2D eigenvalue weighted by atomic mass is 10.1. The topological polar surface area (TPSA) is 83.0 Å². The van der Waals surface area contributed by atoms with Gasteiger partial charge in [-0.3, -0.25) is 9.59 Å². The van der Waals surface area contributed by atoms with Crippen LogP contribution in [0.3, 0.4) is 0 Å². The molecular formula is C10H12N2O3. The lowest BCUT2D eigenvalue weighted by molar-refractivity contribution is -0.138. The van der Waals surface area contributed by atoms with E-state index < -0.39 is 11.9 Å². The maximum Gasteiger partial charge on any atom is 0.313 e. The Labute approximate surface area is 86.2 Å². The average molecular weight is 208 g/mol. The SMILES string of the molecule is CC(C(=O)O)c1nc2c(c(=O)[nH]1)CCC2. The Morgan fingerprint density at radius 1 is 1.53 bits per heavy atom. The molecule has 0 spiro atoms. The fraction of sp³-hybridized carbons (Fsp3) is 0.500. The van der Waals surface area contributed by atoms with Gasteiger partial charge in [-0.1, -0.05) is 0 Å². The highest BCUT2D eigenvalue weighted by atomic mass is 16.4. The Bertz CT molecular complexity index is 464. The van der Waals surface area contributed by atoms with Gasteiger partial charge in [0.25, 0.3) is 5.56 Å². The third kappa shape index (κ3) is 1.65. The number of hydrogen-bond donors (Lipinski definition) is 2. The smallest absolute Gasteiger partial charge is 0.313 e. The number of H-pyrrole nitrogens is 1. The van der Waals surface area contributed by atoms with Crippen molar-refractivity contribution in [2.45, 2.75) is 32.1 Å². The zero-order chi connectivity index (χ0) is 11.0. The lowest BCUT2D eigenvalue weighted by Crippen LogP contribution is -2.21. The van der Waals surface area contributed by atoms with Crippen LogP contribution in [-0.2, 0) is 17.6 Å². The van der Waals surface area contributed by atoms with Crippen molar-refractivity contribution in [3.05, 3.63) is 27.4 Å². The van der Waals surface area contributed by atoms with E-state index in [1.807, 2.05) is 0 Å². The van der Waals surface area contributed by atoms with Crippen LogP contribution in [0.4, 0.5) is 0 Å². The van der Waals surface area contributed by atoms with Gasteiger partial charge in [0.05, 0.1) is 5.69 Å². The second-order valence-corrected chi connectivity index (χ2v) is 3.79. The van der Waals surface area contributed by atoms with Crippen molar-refractivity contribution in [1.29, 1.82) is 0 Å². The first-order chi connectivity index (χ1) is 7.09. The molecule has 0 aromatic carbocycles. The molecule has 1 heterocycles. The van der Waals surface area contributed by atoms with Gasteiger partial charge in [-0.25, -0.2) is 4.98 Å². The standard InChI is InChI=1S/C10H12N2O3/c1-5(10(14)15)8-11-7-4-2-3-6(7)9(13)12-8/h5H,2-4H2,1H3,(H,14,15)(H,11,12,13). The van der Waals surface area contributed by atoms with Gasteiger partial charge < -0.3 is 10.1 Å². The van der Waals surface area contributed by atoms with E-state index in [0.29, 0.717) is 0 Å². The maximum absolute atomic E-state index is 11.6. The first-order valence-corrected chi connectivity index (χ1v) is 4.94. The van der Waals surface area contributed by atoms with Gasteiger partial charge in [-0.15, -0.1) is 0 Å². The van der Waals surface area contributed by atoms with E-state index in [1.165, 1.54) is 6.92 Å². The number of fused-ring (bicyclic) bond motifs is 1. The highest BCUT2D eigenvalue weighted by Gasteiger charge is 2.22. The molecule has 0 bridgehead atoms. The van der Waals surface area contributed by atoms with Crippen molar-refractivity contribution in [3.8, 4) is 0 Å². The Kier molecular flexibility index (Phi) is 2.30. The van der Waals surface area contributed by atoms with E-state index in [0.717, 1.165) is 30.5 Å². The van der Waals surface area contributed by atoms with Crippen LogP contribution in [0, 0.1) is 0 Å². The molecule has 15 heavy (non-hydrogen) atoms. The summed E-state index contributed by atoms with van der Waals surface area (Å²) in [6.07, 6.45) is 2.45. The number of rotatable bonds is 2. The molecule has 1 aliphatic rings. The number of nitrogens with zero attached hydrogens (tertiary/aromatic N) is 1. The number of nitrogens with one attached hydrogen (secondary N) is 1. The number of aromatic nitrogens is 2. The molecule has 1 aromatic rings. The fourth-order valence-electron chi connectivity index (χ4n) is 1.78. The summed E-state index contributed by atoms with van der Waals surface area (Å²) < 4.78 is 0. The Hall–Kier alpha value is -1.65. The van der Waals surface area contributed by atoms with Crippen molar-refractivity contribution in [3.63, 3.8) is 0 Å². The molecule has 2 N–H and O–H groups in total. The number of aromatic amines is 1. The zero-order valence-corrected chi connectivity index (χ0v) is 8.41. The summed E-state index contributed by atoms with van der Waals surface area (Å²) in [4.78, 5) is 29.1. The molecule has 0 radical (unpaired) electrons. The van der Waals surface area contributed by atoms with Crippen LogP contribution in [0.5, 0.6) is 0 Å². The zero-order valence-electron chi connectivity index (χ0n) is 8.41. The van der Waals surface area contributed by atoms with Gasteiger partial charge in [-0.2, -0.15) is 0 Å². The van der Waals surface area contributed by atoms with E-state index in [1.54, 1.807) is 0 Å². The van der Waals surface area contributed by atoms with Gasteiger partial charge in [-0.05, 0) is 26.2 Å². The summed E-state index contributed by atoms with van der Waals surface area (Å²) in [5, 5.41) is 8.81. The summed E-state index contributed by atoms with van der Waals surface area (Å²) in [6, 6.07) is 0. The highest BCUT2D eigenvalue weighted by molar-refractivity contribution is 5.74. The Morgan fingerprint density at radius 3 is 2.93 bits per heavy atom. The van der Waals surface area contributed by atoms with Crippen molar-refractivity contribution in [2.75, 3.05) is 0 Å². The van der Waals surface area contributed by atoms with Gasteiger partial charge >= 0.3 is 5.97 Å². The lowest BCUT2D eigenvalue weighted by Gasteiger charge is -2.07. The normalized spacial score (nSPS) is 16.1. The second-order valence-electron chi connectivity index (χ2n) is 3.79. The summed E-state index contributed by atoms with van der Waals surface area (Å²) >= 11 is 0. The van der Waals surface area contributed by atoms with Crippen LogP contribution < -0.4 is 5.56 Å². The highest BCUT2D eigenvalue weighted by Crippen LogP contribution is 2.18. The van der Waals surface area contributed by atoms with Gasteiger partial charge in [0, 0.05) is 5.56 Å². The third-order valence-corrected chi connectivity index (χ3v) is 2.74. The molecule has 1 atom stereocenters. The molecule has 0 aliphatic heterocycles. The molecule has 80 valence electrons. The summed E-state index contributed by atoms with van der Waals surface area (Å²) in [5.41, 5.74) is 1.30. The van der Waals surface area contributed by atoms with Gasteiger partial charge in [0.2, 0.25) is 0 Å². The second kappa shape index (κ2) is 3.49. The number of carboxylic acid groups (broad SMARTS) is 1. The van der Waals surface area contributed by atoms with Crippen LogP contribution in [0.1, 0.15) is 36.3 Å². The molecule has 0 saturated heterocycles. The predicted octanol–water partition coefficient (Wildman–Crippen LogP) is 0.447. The largest absolute Gasteiger partial charge is 0.481 e. The molecule has 5 nitrogen and oxygen atoms in total. The number of aliphatic carboxylic acids is 1. The van der Waals surface area contributed by atoms with Crippen LogP contribution in [-0.4, -0.2) is 21.0 Å². The Balaban J connectivity index is 2.48. The van der Waals surface area contributed by atoms with Crippen LogP contribution in [0.15, 0.2) is 4.79 Å². The number of hydrogen-bond acceptors (Lipinski definition) is 3. The average Bonchev–Trinajstić information content (AvgIpc) is 2.64. The molecule has 0 amide bonds. The summed E-state index contributed by atoms with van der Waals surface area (Å²) in [5.74, 6) is -1.48. The molecule has 0 saturated carbocycles. The summed E-state index contributed by atoms with van der Waals surface area (Å²) in [6.45, 7) is 1.52. The van der Waals surface area contributed by atoms with E-state index in [9.17, 15) is 9.59 Å². The Morgan fingerprint density at radius 2 is 2.27 bits per heavy atom. The van der Waals surface area contributed by atoms with E-state index in [-0.39, 0.29) is 11.4 Å².